The van der Waals surface area contributed by atoms with E-state index in [1.54, 1.807) is 24.3 Å². The number of carbonyl (C=O) groups excluding carboxylic acids is 2. The zero-order chi connectivity index (χ0) is 15.2. The van der Waals surface area contributed by atoms with Crippen LogP contribution < -0.4 is 10.6 Å². The quantitative estimate of drug-likeness (QED) is 0.655. The van der Waals surface area contributed by atoms with Crippen LogP contribution in [0.4, 0.5) is 5.69 Å². The minimum Gasteiger partial charge on any atom is -0.395 e. The van der Waals surface area contributed by atoms with Gasteiger partial charge in [0.2, 0.25) is 0 Å². The van der Waals surface area contributed by atoms with Crippen LogP contribution in [-0.4, -0.2) is 30.1 Å². The molecule has 1 heterocycles. The fourth-order valence-electron chi connectivity index (χ4n) is 1.67. The Kier molecular flexibility index (Phi) is 5.71. The zero-order valence-corrected chi connectivity index (χ0v) is 13.9. The van der Waals surface area contributed by atoms with E-state index in [9.17, 15) is 9.59 Å². The van der Waals surface area contributed by atoms with Gasteiger partial charge in [-0.25, -0.2) is 0 Å². The lowest BCUT2D eigenvalue weighted by molar-refractivity contribution is 0.0945. The van der Waals surface area contributed by atoms with Gasteiger partial charge in [0.25, 0.3) is 11.8 Å². The van der Waals surface area contributed by atoms with Gasteiger partial charge in [-0.15, -0.1) is 11.3 Å². The molecule has 2 aromatic rings. The maximum absolute atomic E-state index is 12.1. The van der Waals surface area contributed by atoms with E-state index in [0.717, 1.165) is 3.57 Å². The summed E-state index contributed by atoms with van der Waals surface area (Å²) < 4.78 is 0.885. The molecule has 0 atom stereocenters. The average molecular weight is 416 g/mol. The van der Waals surface area contributed by atoms with Crippen LogP contribution in [0.2, 0.25) is 0 Å². The molecule has 0 saturated heterocycles. The summed E-state index contributed by atoms with van der Waals surface area (Å²) in [6.07, 6.45) is 0. The van der Waals surface area contributed by atoms with Crippen LogP contribution in [0.3, 0.4) is 0 Å². The van der Waals surface area contributed by atoms with E-state index in [-0.39, 0.29) is 25.0 Å². The van der Waals surface area contributed by atoms with E-state index in [1.807, 2.05) is 11.4 Å². The van der Waals surface area contributed by atoms with E-state index >= 15 is 0 Å². The summed E-state index contributed by atoms with van der Waals surface area (Å²) >= 11 is 3.43. The standard InChI is InChI=1S/C14H13IN2O3S/c15-9-3-4-11(10(8-9)13(19)16-5-6-18)17-14(20)12-2-1-7-21-12/h1-4,7-8,18H,5-6H2,(H,16,19)(H,17,20). The molecule has 5 nitrogen and oxygen atoms in total. The number of carbonyl (C=O) groups is 2. The van der Waals surface area contributed by atoms with Crippen LogP contribution in [0.1, 0.15) is 20.0 Å². The second-order valence-corrected chi connectivity index (χ2v) is 6.29. The second kappa shape index (κ2) is 7.53. The minimum atomic E-state index is -0.330. The highest BCUT2D eigenvalue weighted by molar-refractivity contribution is 14.1. The van der Waals surface area contributed by atoms with Crippen molar-refractivity contribution in [2.24, 2.45) is 0 Å². The summed E-state index contributed by atoms with van der Waals surface area (Å²) in [5, 5.41) is 15.9. The van der Waals surface area contributed by atoms with E-state index < -0.39 is 0 Å². The molecule has 1 aromatic carbocycles. The number of hydrogen-bond acceptors (Lipinski definition) is 4. The molecule has 7 heteroatoms. The van der Waals surface area contributed by atoms with Crippen molar-refractivity contribution in [2.75, 3.05) is 18.5 Å². The lowest BCUT2D eigenvalue weighted by atomic mass is 10.1. The Labute approximate surface area is 139 Å². The maximum atomic E-state index is 12.1. The van der Waals surface area contributed by atoms with Crippen molar-refractivity contribution in [3.8, 4) is 0 Å². The van der Waals surface area contributed by atoms with Crippen LogP contribution in [0.15, 0.2) is 35.7 Å². The molecular formula is C14H13IN2O3S. The molecule has 21 heavy (non-hydrogen) atoms. The van der Waals surface area contributed by atoms with Crippen molar-refractivity contribution in [3.05, 3.63) is 49.7 Å². The van der Waals surface area contributed by atoms with Gasteiger partial charge in [0, 0.05) is 10.1 Å². The predicted octanol–water partition coefficient (Wildman–Crippen LogP) is 2.33. The zero-order valence-electron chi connectivity index (χ0n) is 10.9. The van der Waals surface area contributed by atoms with E-state index in [4.69, 9.17) is 5.11 Å². The Morgan fingerprint density at radius 1 is 1.24 bits per heavy atom. The molecule has 0 aliphatic rings. The number of amides is 2. The molecule has 0 bridgehead atoms. The molecule has 1 aromatic heterocycles. The fraction of sp³-hybridized carbons (Fsp3) is 0.143. The summed E-state index contributed by atoms with van der Waals surface area (Å²) in [5.74, 6) is -0.577. The molecule has 0 fully saturated rings. The van der Waals surface area contributed by atoms with Crippen LogP contribution in [-0.2, 0) is 0 Å². The molecule has 2 amide bonds. The predicted molar refractivity (Wildman–Crippen MR) is 90.9 cm³/mol. The first kappa shape index (κ1) is 15.9. The van der Waals surface area contributed by atoms with Gasteiger partial charge in [0.15, 0.2) is 0 Å². The molecule has 110 valence electrons. The summed E-state index contributed by atoms with van der Waals surface area (Å²) in [7, 11) is 0. The number of aliphatic hydroxyl groups excluding tert-OH is 1. The van der Waals surface area contributed by atoms with E-state index in [2.05, 4.69) is 33.2 Å². The van der Waals surface area contributed by atoms with Crippen molar-refractivity contribution < 1.29 is 14.7 Å². The van der Waals surface area contributed by atoms with Gasteiger partial charge in [-0.1, -0.05) is 6.07 Å². The van der Waals surface area contributed by atoms with Gasteiger partial charge < -0.3 is 15.7 Å². The Balaban J connectivity index is 2.22. The first-order valence-electron chi connectivity index (χ1n) is 6.15. The van der Waals surface area contributed by atoms with E-state index in [0.29, 0.717) is 16.1 Å². The van der Waals surface area contributed by atoms with Crippen LogP contribution in [0.5, 0.6) is 0 Å². The van der Waals surface area contributed by atoms with Gasteiger partial charge >= 0.3 is 0 Å². The number of anilines is 1. The maximum Gasteiger partial charge on any atom is 0.265 e. The lowest BCUT2D eigenvalue weighted by Gasteiger charge is -2.11. The molecule has 0 saturated carbocycles. The number of aliphatic hydroxyl groups is 1. The van der Waals surface area contributed by atoms with Gasteiger partial charge in [0.1, 0.15) is 0 Å². The molecule has 0 unspecified atom stereocenters. The number of thiophene rings is 1. The van der Waals surface area contributed by atoms with Crippen molar-refractivity contribution in [1.29, 1.82) is 0 Å². The molecule has 0 aliphatic carbocycles. The van der Waals surface area contributed by atoms with Crippen molar-refractivity contribution >= 4 is 51.4 Å². The minimum absolute atomic E-state index is 0.132. The normalized spacial score (nSPS) is 10.2. The summed E-state index contributed by atoms with van der Waals surface area (Å²) in [4.78, 5) is 24.7. The van der Waals surface area contributed by atoms with Crippen molar-refractivity contribution in [2.45, 2.75) is 0 Å². The number of halogens is 1. The number of benzene rings is 1. The van der Waals surface area contributed by atoms with E-state index in [1.165, 1.54) is 11.3 Å². The molecular weight excluding hydrogens is 403 g/mol. The summed E-state index contributed by atoms with van der Waals surface area (Å²) in [6, 6.07) is 8.71. The molecule has 0 aliphatic heterocycles. The fourth-order valence-corrected chi connectivity index (χ4v) is 2.78. The third-order valence-corrected chi connectivity index (χ3v) is 4.16. The van der Waals surface area contributed by atoms with Crippen molar-refractivity contribution in [1.82, 2.24) is 5.32 Å². The van der Waals surface area contributed by atoms with Gasteiger partial charge in [-0.2, -0.15) is 0 Å². The highest BCUT2D eigenvalue weighted by Gasteiger charge is 2.15. The molecule has 0 radical (unpaired) electrons. The number of nitrogens with one attached hydrogen (secondary N) is 2. The summed E-state index contributed by atoms with van der Waals surface area (Å²) in [5.41, 5.74) is 0.824. The van der Waals surface area contributed by atoms with Gasteiger partial charge in [-0.05, 0) is 52.2 Å². The number of hydrogen-bond donors (Lipinski definition) is 3. The Morgan fingerprint density at radius 3 is 2.71 bits per heavy atom. The third kappa shape index (κ3) is 4.26. The third-order valence-electron chi connectivity index (χ3n) is 2.62. The summed E-state index contributed by atoms with van der Waals surface area (Å²) in [6.45, 7) is 0.0369. The topological polar surface area (TPSA) is 78.4 Å². The highest BCUT2D eigenvalue weighted by Crippen LogP contribution is 2.20. The average Bonchev–Trinajstić information content (AvgIpc) is 3.01. The molecule has 2 rings (SSSR count). The first-order valence-corrected chi connectivity index (χ1v) is 8.11. The highest BCUT2D eigenvalue weighted by atomic mass is 127. The SMILES string of the molecule is O=C(Nc1ccc(I)cc1C(=O)NCCO)c1cccs1. The Hall–Kier alpha value is -1.45. The Morgan fingerprint density at radius 2 is 2.05 bits per heavy atom. The van der Waals surface area contributed by atoms with Gasteiger partial charge in [0.05, 0.1) is 22.7 Å². The number of rotatable bonds is 5. The molecule has 3 N–H and O–H groups in total. The smallest absolute Gasteiger partial charge is 0.265 e. The monoisotopic (exact) mass is 416 g/mol. The Bertz CT molecular complexity index is 644. The van der Waals surface area contributed by atoms with Crippen molar-refractivity contribution in [3.63, 3.8) is 0 Å². The van der Waals surface area contributed by atoms with Crippen LogP contribution in [0, 0.1) is 3.57 Å². The largest absolute Gasteiger partial charge is 0.395 e. The van der Waals surface area contributed by atoms with Gasteiger partial charge in [-0.3, -0.25) is 9.59 Å². The first-order chi connectivity index (χ1) is 10.1. The second-order valence-electron chi connectivity index (χ2n) is 4.10. The van der Waals surface area contributed by atoms with Crippen LogP contribution >= 0.6 is 33.9 Å². The lowest BCUT2D eigenvalue weighted by Crippen LogP contribution is -2.27. The molecule has 0 spiro atoms. The van der Waals surface area contributed by atoms with Crippen LogP contribution in [0.25, 0.3) is 0 Å².